The molecule has 1 aliphatic heterocycles. The highest BCUT2D eigenvalue weighted by Gasteiger charge is 2.27. The van der Waals surface area contributed by atoms with Crippen molar-refractivity contribution in [1.29, 1.82) is 0 Å². The summed E-state index contributed by atoms with van der Waals surface area (Å²) in [6.07, 6.45) is 5.13. The number of nitrogens with zero attached hydrogens (tertiary/aromatic N) is 4. The number of benzene rings is 1. The number of hydrogen-bond donors (Lipinski definition) is 1. The van der Waals surface area contributed by atoms with Crippen LogP contribution in [0.4, 0.5) is 5.82 Å². The number of ether oxygens (including phenoxy) is 1. The number of hydrogen-bond acceptors (Lipinski definition) is 6. The van der Waals surface area contributed by atoms with E-state index in [1.54, 1.807) is 37.7 Å². The summed E-state index contributed by atoms with van der Waals surface area (Å²) in [6.45, 7) is 1.28. The summed E-state index contributed by atoms with van der Waals surface area (Å²) in [5, 5.41) is 3.64. The molecule has 0 atom stereocenters. The molecular formula is C23H24ClN5O2. The minimum Gasteiger partial charge on any atom is -0.496 e. The number of pyridine rings is 1. The lowest BCUT2D eigenvalue weighted by atomic mass is 9.92. The van der Waals surface area contributed by atoms with Crippen molar-refractivity contribution >= 4 is 23.3 Å². The van der Waals surface area contributed by atoms with E-state index in [1.807, 2.05) is 30.1 Å². The second-order valence-electron chi connectivity index (χ2n) is 7.40. The van der Waals surface area contributed by atoms with Gasteiger partial charge in [-0.25, -0.2) is 9.97 Å². The summed E-state index contributed by atoms with van der Waals surface area (Å²) >= 11 is 6.10. The molecule has 1 saturated heterocycles. The first-order valence-corrected chi connectivity index (χ1v) is 10.6. The predicted molar refractivity (Wildman–Crippen MR) is 121 cm³/mol. The van der Waals surface area contributed by atoms with Gasteiger partial charge in [-0.15, -0.1) is 0 Å². The standard InChI is InChI=1S/C23H24ClN5O2/c1-25-21-13-19(27-22(28-21)16-4-3-9-26-14-16)15-7-10-29(11-8-15)23(30)18-12-17(24)5-6-20(18)31-2/h3-6,9,12-15H,7-8,10-11H2,1-2H3,(H,25,27,28). The van der Waals surface area contributed by atoms with Crippen molar-refractivity contribution in [3.05, 3.63) is 65.1 Å². The SMILES string of the molecule is CNc1cc(C2CCN(C(=O)c3cc(Cl)ccc3OC)CC2)nc(-c2cccnc2)n1. The lowest BCUT2D eigenvalue weighted by molar-refractivity contribution is 0.0708. The van der Waals surface area contributed by atoms with Crippen molar-refractivity contribution in [3.8, 4) is 17.1 Å². The van der Waals surface area contributed by atoms with Gasteiger partial charge in [0.25, 0.3) is 5.91 Å². The Bertz CT molecular complexity index is 1070. The summed E-state index contributed by atoms with van der Waals surface area (Å²) in [7, 11) is 3.40. The molecule has 8 heteroatoms. The highest BCUT2D eigenvalue weighted by Crippen LogP contribution is 2.31. The number of aromatic nitrogens is 3. The molecule has 1 amide bonds. The van der Waals surface area contributed by atoms with E-state index in [9.17, 15) is 4.79 Å². The van der Waals surface area contributed by atoms with Crippen molar-refractivity contribution in [2.75, 3.05) is 32.6 Å². The summed E-state index contributed by atoms with van der Waals surface area (Å²) < 4.78 is 5.35. The molecule has 3 aromatic rings. The molecule has 4 rings (SSSR count). The topological polar surface area (TPSA) is 80.2 Å². The molecule has 160 valence electrons. The number of halogens is 1. The normalized spacial score (nSPS) is 14.4. The van der Waals surface area contributed by atoms with Crippen LogP contribution in [0.3, 0.4) is 0 Å². The van der Waals surface area contributed by atoms with Gasteiger partial charge in [-0.3, -0.25) is 9.78 Å². The molecule has 0 spiro atoms. The molecule has 1 aromatic carbocycles. The third-order valence-electron chi connectivity index (χ3n) is 5.51. The van der Waals surface area contributed by atoms with Crippen LogP contribution >= 0.6 is 11.6 Å². The molecule has 0 aliphatic carbocycles. The molecule has 31 heavy (non-hydrogen) atoms. The van der Waals surface area contributed by atoms with Crippen molar-refractivity contribution in [2.45, 2.75) is 18.8 Å². The third kappa shape index (κ3) is 4.61. The Kier molecular flexibility index (Phi) is 6.32. The minimum atomic E-state index is -0.0625. The van der Waals surface area contributed by atoms with Crippen molar-refractivity contribution in [3.63, 3.8) is 0 Å². The van der Waals surface area contributed by atoms with E-state index in [0.717, 1.165) is 29.9 Å². The zero-order valence-corrected chi connectivity index (χ0v) is 18.3. The number of nitrogens with one attached hydrogen (secondary N) is 1. The second kappa shape index (κ2) is 9.31. The van der Waals surface area contributed by atoms with E-state index in [1.165, 1.54) is 0 Å². The van der Waals surface area contributed by atoms with E-state index < -0.39 is 0 Å². The fraction of sp³-hybridized carbons (Fsp3) is 0.304. The molecule has 0 radical (unpaired) electrons. The van der Waals surface area contributed by atoms with Gasteiger partial charge in [-0.05, 0) is 43.2 Å². The molecule has 0 unspecified atom stereocenters. The zero-order valence-electron chi connectivity index (χ0n) is 17.5. The van der Waals surface area contributed by atoms with Crippen molar-refractivity contribution < 1.29 is 9.53 Å². The Balaban J connectivity index is 1.51. The molecule has 3 heterocycles. The number of methoxy groups -OCH3 is 1. The number of amides is 1. The van der Waals surface area contributed by atoms with Crippen LogP contribution in [0.25, 0.3) is 11.4 Å². The number of likely N-dealkylation sites (tertiary alicyclic amines) is 1. The number of carbonyl (C=O) groups is 1. The van der Waals surface area contributed by atoms with Gasteiger partial charge in [0.2, 0.25) is 0 Å². The second-order valence-corrected chi connectivity index (χ2v) is 7.84. The Labute approximate surface area is 186 Å². The van der Waals surface area contributed by atoms with Gasteiger partial charge >= 0.3 is 0 Å². The summed E-state index contributed by atoms with van der Waals surface area (Å²) in [5.41, 5.74) is 2.35. The number of carbonyl (C=O) groups excluding carboxylic acids is 1. The van der Waals surface area contributed by atoms with Crippen LogP contribution in [0.15, 0.2) is 48.8 Å². The van der Waals surface area contributed by atoms with Crippen LogP contribution in [0.2, 0.25) is 5.02 Å². The van der Waals surface area contributed by atoms with Crippen LogP contribution in [0.5, 0.6) is 5.75 Å². The number of piperidine rings is 1. The summed E-state index contributed by atoms with van der Waals surface area (Å²) in [6, 6.07) is 10.9. The molecule has 1 aliphatic rings. The molecular weight excluding hydrogens is 414 g/mol. The fourth-order valence-electron chi connectivity index (χ4n) is 3.82. The average Bonchev–Trinajstić information content (AvgIpc) is 2.84. The van der Waals surface area contributed by atoms with Crippen molar-refractivity contribution in [1.82, 2.24) is 19.9 Å². The highest BCUT2D eigenvalue weighted by atomic mass is 35.5. The maximum atomic E-state index is 13.1. The van der Waals surface area contributed by atoms with Gasteiger partial charge in [0, 0.05) is 60.8 Å². The van der Waals surface area contributed by atoms with E-state index in [-0.39, 0.29) is 11.8 Å². The maximum Gasteiger partial charge on any atom is 0.257 e. The Morgan fingerprint density at radius 1 is 1.19 bits per heavy atom. The molecule has 7 nitrogen and oxygen atoms in total. The zero-order chi connectivity index (χ0) is 21.8. The molecule has 0 bridgehead atoms. The van der Waals surface area contributed by atoms with Crippen molar-refractivity contribution in [2.24, 2.45) is 0 Å². The van der Waals surface area contributed by atoms with Gasteiger partial charge in [0.15, 0.2) is 5.82 Å². The molecule has 0 saturated carbocycles. The molecule has 1 N–H and O–H groups in total. The van der Waals surface area contributed by atoms with Crippen LogP contribution in [0.1, 0.15) is 34.8 Å². The first kappa shape index (κ1) is 21.1. The van der Waals surface area contributed by atoms with Gasteiger partial charge in [0.05, 0.1) is 12.7 Å². The van der Waals surface area contributed by atoms with Crippen LogP contribution in [-0.2, 0) is 0 Å². The lowest BCUT2D eigenvalue weighted by Gasteiger charge is -2.32. The predicted octanol–water partition coefficient (Wildman–Crippen LogP) is 4.26. The Hall–Kier alpha value is -3.19. The monoisotopic (exact) mass is 437 g/mol. The average molecular weight is 438 g/mol. The van der Waals surface area contributed by atoms with Gasteiger partial charge in [-0.2, -0.15) is 0 Å². The smallest absolute Gasteiger partial charge is 0.257 e. The minimum absolute atomic E-state index is 0.0625. The highest BCUT2D eigenvalue weighted by molar-refractivity contribution is 6.31. The first-order chi connectivity index (χ1) is 15.1. The lowest BCUT2D eigenvalue weighted by Crippen LogP contribution is -2.38. The maximum absolute atomic E-state index is 13.1. The number of anilines is 1. The van der Waals surface area contributed by atoms with Gasteiger partial charge < -0.3 is 15.0 Å². The Morgan fingerprint density at radius 2 is 2.00 bits per heavy atom. The molecule has 2 aromatic heterocycles. The van der Waals surface area contributed by atoms with Gasteiger partial charge in [0.1, 0.15) is 11.6 Å². The van der Waals surface area contributed by atoms with Crippen LogP contribution < -0.4 is 10.1 Å². The third-order valence-corrected chi connectivity index (χ3v) is 5.75. The molecule has 1 fully saturated rings. The quantitative estimate of drug-likeness (QED) is 0.642. The summed E-state index contributed by atoms with van der Waals surface area (Å²) in [5.74, 6) is 2.14. The van der Waals surface area contributed by atoms with E-state index in [0.29, 0.717) is 35.2 Å². The fourth-order valence-corrected chi connectivity index (χ4v) is 4.00. The van der Waals surface area contributed by atoms with E-state index in [2.05, 4.69) is 15.3 Å². The van der Waals surface area contributed by atoms with Gasteiger partial charge in [-0.1, -0.05) is 11.6 Å². The first-order valence-electron chi connectivity index (χ1n) is 10.2. The largest absolute Gasteiger partial charge is 0.496 e. The van der Waals surface area contributed by atoms with Crippen LogP contribution in [-0.4, -0.2) is 53.0 Å². The van der Waals surface area contributed by atoms with E-state index >= 15 is 0 Å². The summed E-state index contributed by atoms with van der Waals surface area (Å²) in [4.78, 5) is 28.5. The number of rotatable bonds is 5. The van der Waals surface area contributed by atoms with Crippen LogP contribution in [0, 0.1) is 0 Å². The Morgan fingerprint density at radius 3 is 2.68 bits per heavy atom. The van der Waals surface area contributed by atoms with E-state index in [4.69, 9.17) is 21.3 Å².